The average Bonchev–Trinajstić information content (AvgIpc) is 2.14. The SMILES string of the molecule is NC1(c2ccc(Br)cc2[N+](=O)[O-])COC1. The second kappa shape index (κ2) is 3.55. The van der Waals surface area contributed by atoms with Gasteiger partial charge in [0, 0.05) is 10.5 Å². The van der Waals surface area contributed by atoms with Crippen LogP contribution in [0.3, 0.4) is 0 Å². The predicted octanol–water partition coefficient (Wildman–Crippen LogP) is 1.54. The number of nitrogens with zero attached hydrogens (tertiary/aromatic N) is 1. The second-order valence-electron chi connectivity index (χ2n) is 3.57. The monoisotopic (exact) mass is 272 g/mol. The lowest BCUT2D eigenvalue weighted by atomic mass is 9.88. The lowest BCUT2D eigenvalue weighted by molar-refractivity contribution is -0.386. The molecule has 1 fully saturated rings. The molecule has 0 amide bonds. The van der Waals surface area contributed by atoms with Crippen LogP contribution in [-0.2, 0) is 10.3 Å². The number of nitrogens with two attached hydrogens (primary N) is 1. The summed E-state index contributed by atoms with van der Waals surface area (Å²) in [5.41, 5.74) is 5.83. The molecule has 1 heterocycles. The van der Waals surface area contributed by atoms with E-state index in [4.69, 9.17) is 10.5 Å². The maximum atomic E-state index is 10.8. The van der Waals surface area contributed by atoms with E-state index in [-0.39, 0.29) is 5.69 Å². The Morgan fingerprint density at radius 2 is 2.20 bits per heavy atom. The summed E-state index contributed by atoms with van der Waals surface area (Å²) < 4.78 is 5.67. The molecule has 0 radical (unpaired) electrons. The van der Waals surface area contributed by atoms with Gasteiger partial charge in [-0.3, -0.25) is 10.1 Å². The van der Waals surface area contributed by atoms with Gasteiger partial charge in [0.2, 0.25) is 0 Å². The number of nitro benzene ring substituents is 1. The van der Waals surface area contributed by atoms with Crippen LogP contribution in [0, 0.1) is 10.1 Å². The maximum absolute atomic E-state index is 10.8. The lowest BCUT2D eigenvalue weighted by Crippen LogP contribution is -2.54. The zero-order valence-corrected chi connectivity index (χ0v) is 9.36. The molecule has 0 spiro atoms. The largest absolute Gasteiger partial charge is 0.377 e. The van der Waals surface area contributed by atoms with Gasteiger partial charge in [-0.15, -0.1) is 0 Å². The summed E-state index contributed by atoms with van der Waals surface area (Å²) in [6, 6.07) is 4.88. The molecule has 2 N–H and O–H groups in total. The predicted molar refractivity (Wildman–Crippen MR) is 57.5 cm³/mol. The number of ether oxygens (including phenoxy) is 1. The minimum Gasteiger partial charge on any atom is -0.377 e. The van der Waals surface area contributed by atoms with Gasteiger partial charge in [0.15, 0.2) is 0 Å². The minimum absolute atomic E-state index is 0.0372. The van der Waals surface area contributed by atoms with Crippen LogP contribution < -0.4 is 5.73 Å². The number of rotatable bonds is 2. The molecule has 5 nitrogen and oxygen atoms in total. The van der Waals surface area contributed by atoms with Gasteiger partial charge >= 0.3 is 0 Å². The van der Waals surface area contributed by atoms with Crippen molar-refractivity contribution in [1.82, 2.24) is 0 Å². The van der Waals surface area contributed by atoms with Crippen molar-refractivity contribution in [2.75, 3.05) is 13.2 Å². The molecular formula is C9H9BrN2O3. The van der Waals surface area contributed by atoms with Crippen LogP contribution in [-0.4, -0.2) is 18.1 Å². The third-order valence-electron chi connectivity index (χ3n) is 2.41. The van der Waals surface area contributed by atoms with E-state index in [0.717, 1.165) is 0 Å². The summed E-state index contributed by atoms with van der Waals surface area (Å²) in [5.74, 6) is 0. The smallest absolute Gasteiger partial charge is 0.275 e. The van der Waals surface area contributed by atoms with Gasteiger partial charge in [0.1, 0.15) is 0 Å². The molecule has 2 rings (SSSR count). The van der Waals surface area contributed by atoms with Crippen LogP contribution in [0.2, 0.25) is 0 Å². The highest BCUT2D eigenvalue weighted by Gasteiger charge is 2.40. The van der Waals surface area contributed by atoms with E-state index >= 15 is 0 Å². The number of hydrogen-bond donors (Lipinski definition) is 1. The zero-order valence-electron chi connectivity index (χ0n) is 7.77. The first-order valence-electron chi connectivity index (χ1n) is 4.34. The Kier molecular flexibility index (Phi) is 2.49. The third kappa shape index (κ3) is 1.75. The molecule has 1 aromatic rings. The van der Waals surface area contributed by atoms with E-state index in [9.17, 15) is 10.1 Å². The number of benzene rings is 1. The van der Waals surface area contributed by atoms with Crippen LogP contribution in [0.15, 0.2) is 22.7 Å². The highest BCUT2D eigenvalue weighted by Crippen LogP contribution is 2.35. The maximum Gasteiger partial charge on any atom is 0.275 e. The molecule has 0 aromatic heterocycles. The Morgan fingerprint density at radius 1 is 1.53 bits per heavy atom. The van der Waals surface area contributed by atoms with E-state index in [1.165, 1.54) is 6.07 Å². The molecule has 80 valence electrons. The average molecular weight is 273 g/mol. The molecule has 1 aromatic carbocycles. The molecule has 0 unspecified atom stereocenters. The van der Waals surface area contributed by atoms with E-state index in [1.54, 1.807) is 12.1 Å². The quantitative estimate of drug-likeness (QED) is 0.654. The van der Waals surface area contributed by atoms with Crippen molar-refractivity contribution < 1.29 is 9.66 Å². The van der Waals surface area contributed by atoms with Crippen molar-refractivity contribution >= 4 is 21.6 Å². The molecular weight excluding hydrogens is 264 g/mol. The van der Waals surface area contributed by atoms with Crippen molar-refractivity contribution in [2.45, 2.75) is 5.54 Å². The van der Waals surface area contributed by atoms with E-state index < -0.39 is 10.5 Å². The third-order valence-corrected chi connectivity index (χ3v) is 2.91. The first-order valence-corrected chi connectivity index (χ1v) is 5.13. The van der Waals surface area contributed by atoms with Gasteiger partial charge < -0.3 is 10.5 Å². The van der Waals surface area contributed by atoms with E-state index in [0.29, 0.717) is 23.2 Å². The molecule has 15 heavy (non-hydrogen) atoms. The molecule has 1 aliphatic rings. The normalized spacial score (nSPS) is 18.3. The van der Waals surface area contributed by atoms with Crippen molar-refractivity contribution in [1.29, 1.82) is 0 Å². The minimum atomic E-state index is -0.705. The zero-order chi connectivity index (χ0) is 11.1. The van der Waals surface area contributed by atoms with E-state index in [1.807, 2.05) is 0 Å². The van der Waals surface area contributed by atoms with Gasteiger partial charge in [0.25, 0.3) is 5.69 Å². The van der Waals surface area contributed by atoms with Crippen LogP contribution in [0.1, 0.15) is 5.56 Å². The van der Waals surface area contributed by atoms with Crippen molar-refractivity contribution in [3.8, 4) is 0 Å². The van der Waals surface area contributed by atoms with Gasteiger partial charge in [-0.2, -0.15) is 0 Å². The standard InChI is InChI=1S/C9H9BrN2O3/c10-6-1-2-7(8(3-6)12(13)14)9(11)4-15-5-9/h1-3H,4-5,11H2. The summed E-state index contributed by atoms with van der Waals surface area (Å²) >= 11 is 3.19. The summed E-state index contributed by atoms with van der Waals surface area (Å²) in [6.45, 7) is 0.658. The summed E-state index contributed by atoms with van der Waals surface area (Å²) in [7, 11) is 0. The van der Waals surface area contributed by atoms with Crippen molar-refractivity contribution in [2.24, 2.45) is 5.73 Å². The first-order chi connectivity index (χ1) is 7.03. The van der Waals surface area contributed by atoms with Crippen molar-refractivity contribution in [3.63, 3.8) is 0 Å². The van der Waals surface area contributed by atoms with Crippen LogP contribution in [0.5, 0.6) is 0 Å². The highest BCUT2D eigenvalue weighted by molar-refractivity contribution is 9.10. The summed E-state index contributed by atoms with van der Waals surface area (Å²) in [5, 5.41) is 10.8. The van der Waals surface area contributed by atoms with Crippen LogP contribution >= 0.6 is 15.9 Å². The molecule has 0 saturated carbocycles. The first kappa shape index (κ1) is 10.5. The molecule has 0 bridgehead atoms. The van der Waals surface area contributed by atoms with Gasteiger partial charge in [-0.1, -0.05) is 15.9 Å². The Balaban J connectivity index is 2.50. The van der Waals surface area contributed by atoms with Gasteiger partial charge in [0.05, 0.1) is 29.2 Å². The van der Waals surface area contributed by atoms with Crippen LogP contribution in [0.25, 0.3) is 0 Å². The number of halogens is 1. The van der Waals surface area contributed by atoms with Crippen molar-refractivity contribution in [3.05, 3.63) is 38.3 Å². The Hall–Kier alpha value is -0.980. The fourth-order valence-corrected chi connectivity index (χ4v) is 1.90. The number of hydrogen-bond acceptors (Lipinski definition) is 4. The molecule has 1 aliphatic heterocycles. The Bertz CT molecular complexity index is 418. The second-order valence-corrected chi connectivity index (χ2v) is 4.48. The topological polar surface area (TPSA) is 78.4 Å². The molecule has 1 saturated heterocycles. The van der Waals surface area contributed by atoms with E-state index in [2.05, 4.69) is 15.9 Å². The molecule has 0 aliphatic carbocycles. The fourth-order valence-electron chi connectivity index (χ4n) is 1.55. The Morgan fingerprint density at radius 3 is 2.67 bits per heavy atom. The summed E-state index contributed by atoms with van der Waals surface area (Å²) in [4.78, 5) is 10.4. The fraction of sp³-hybridized carbons (Fsp3) is 0.333. The van der Waals surface area contributed by atoms with Gasteiger partial charge in [-0.05, 0) is 12.1 Å². The lowest BCUT2D eigenvalue weighted by Gasteiger charge is -2.37. The van der Waals surface area contributed by atoms with Crippen LogP contribution in [0.4, 0.5) is 5.69 Å². The number of nitro groups is 1. The molecule has 6 heteroatoms. The van der Waals surface area contributed by atoms with Gasteiger partial charge in [-0.25, -0.2) is 0 Å². The highest BCUT2D eigenvalue weighted by atomic mass is 79.9. The Labute approximate surface area is 94.5 Å². The summed E-state index contributed by atoms with van der Waals surface area (Å²) in [6.07, 6.45) is 0. The molecule has 0 atom stereocenters.